The third kappa shape index (κ3) is 3.53. The maximum Gasteiger partial charge on any atom is 0.203 e. The predicted octanol–water partition coefficient (Wildman–Crippen LogP) is 1.87. The van der Waals surface area contributed by atoms with E-state index in [0.717, 1.165) is 18.3 Å². The molecule has 0 unspecified atom stereocenters. The molecule has 0 amide bonds. The summed E-state index contributed by atoms with van der Waals surface area (Å²) in [5, 5.41) is 4.11. The molecule has 0 atom stereocenters. The number of carbonyl (C=O) groups excluding carboxylic acids is 1. The van der Waals surface area contributed by atoms with Gasteiger partial charge in [0.05, 0.1) is 27.0 Å². The number of benzene rings is 1. The number of nitrogens with zero attached hydrogens (tertiary/aromatic N) is 2. The molecule has 1 heterocycles. The summed E-state index contributed by atoms with van der Waals surface area (Å²) in [5.74, 6) is 1.44. The van der Waals surface area contributed by atoms with Crippen LogP contribution < -0.4 is 14.2 Å². The van der Waals surface area contributed by atoms with Crippen LogP contribution in [0.4, 0.5) is 0 Å². The topological polar surface area (TPSA) is 62.6 Å². The summed E-state index contributed by atoms with van der Waals surface area (Å²) < 4.78 is 18.0. The molecule has 0 fully saturated rings. The monoisotopic (exact) mass is 290 g/mol. The van der Waals surface area contributed by atoms with Gasteiger partial charge in [-0.25, -0.2) is 0 Å². The fraction of sp³-hybridized carbons (Fsp3) is 0.333. The third-order valence-electron chi connectivity index (χ3n) is 3.01. The average molecular weight is 290 g/mol. The van der Waals surface area contributed by atoms with Crippen molar-refractivity contribution in [3.63, 3.8) is 0 Å². The Labute approximate surface area is 123 Å². The zero-order valence-corrected chi connectivity index (χ0v) is 12.3. The van der Waals surface area contributed by atoms with E-state index in [9.17, 15) is 4.79 Å². The number of ether oxygens (including phenoxy) is 3. The number of rotatable bonds is 7. The Balaban J connectivity index is 2.12. The summed E-state index contributed by atoms with van der Waals surface area (Å²) in [6.45, 7) is 0.457. The van der Waals surface area contributed by atoms with Crippen molar-refractivity contribution < 1.29 is 19.0 Å². The van der Waals surface area contributed by atoms with E-state index in [4.69, 9.17) is 14.2 Å². The van der Waals surface area contributed by atoms with E-state index in [1.807, 2.05) is 13.2 Å². The number of hydrogen-bond donors (Lipinski definition) is 0. The molecule has 0 N–H and O–H groups in total. The number of aldehydes is 1. The summed E-state index contributed by atoms with van der Waals surface area (Å²) >= 11 is 0. The standard InChI is InChI=1S/C15H18N2O4/c1-17-9-11(8-16-17)4-5-21-15-13(19-2)6-12(10-18)7-14(15)20-3/h6-10H,4-5H2,1-3H3. The van der Waals surface area contributed by atoms with Gasteiger partial charge >= 0.3 is 0 Å². The number of methoxy groups -OCH3 is 2. The molecule has 0 saturated carbocycles. The van der Waals surface area contributed by atoms with Crippen molar-refractivity contribution in [1.29, 1.82) is 0 Å². The first kappa shape index (κ1) is 14.9. The van der Waals surface area contributed by atoms with Crippen LogP contribution in [0.2, 0.25) is 0 Å². The Kier molecular flexibility index (Phi) is 4.81. The van der Waals surface area contributed by atoms with E-state index < -0.39 is 0 Å². The van der Waals surface area contributed by atoms with Gasteiger partial charge in [0.1, 0.15) is 6.29 Å². The molecule has 112 valence electrons. The van der Waals surface area contributed by atoms with E-state index in [-0.39, 0.29) is 0 Å². The Morgan fingerprint density at radius 2 is 1.90 bits per heavy atom. The largest absolute Gasteiger partial charge is 0.493 e. The lowest BCUT2D eigenvalue weighted by Crippen LogP contribution is -2.04. The highest BCUT2D eigenvalue weighted by Gasteiger charge is 2.14. The van der Waals surface area contributed by atoms with Gasteiger partial charge in [-0.15, -0.1) is 0 Å². The highest BCUT2D eigenvalue weighted by Crippen LogP contribution is 2.38. The minimum atomic E-state index is 0.457. The van der Waals surface area contributed by atoms with E-state index >= 15 is 0 Å². The van der Waals surface area contributed by atoms with Crippen LogP contribution in [0.5, 0.6) is 17.2 Å². The number of aromatic nitrogens is 2. The van der Waals surface area contributed by atoms with Crippen molar-refractivity contribution in [1.82, 2.24) is 9.78 Å². The second kappa shape index (κ2) is 6.78. The molecule has 0 spiro atoms. The van der Waals surface area contributed by atoms with E-state index in [0.29, 0.717) is 29.4 Å². The van der Waals surface area contributed by atoms with Gasteiger partial charge in [0.25, 0.3) is 0 Å². The van der Waals surface area contributed by atoms with E-state index in [1.54, 1.807) is 23.0 Å². The first-order chi connectivity index (χ1) is 10.2. The molecular formula is C15H18N2O4. The zero-order chi connectivity index (χ0) is 15.2. The predicted molar refractivity (Wildman–Crippen MR) is 77.3 cm³/mol. The molecule has 0 bridgehead atoms. The van der Waals surface area contributed by atoms with Crippen molar-refractivity contribution >= 4 is 6.29 Å². The number of carbonyl (C=O) groups is 1. The third-order valence-corrected chi connectivity index (χ3v) is 3.01. The van der Waals surface area contributed by atoms with Gasteiger partial charge in [-0.3, -0.25) is 9.48 Å². The molecule has 0 aliphatic carbocycles. The van der Waals surface area contributed by atoms with Crippen molar-refractivity contribution in [3.05, 3.63) is 35.7 Å². The van der Waals surface area contributed by atoms with Gasteiger partial charge in [0.15, 0.2) is 11.5 Å². The molecule has 0 aliphatic rings. The van der Waals surface area contributed by atoms with Crippen molar-refractivity contribution in [2.24, 2.45) is 7.05 Å². The lowest BCUT2D eigenvalue weighted by Gasteiger charge is -2.14. The molecule has 6 heteroatoms. The van der Waals surface area contributed by atoms with Gasteiger partial charge in [0.2, 0.25) is 5.75 Å². The molecule has 1 aromatic carbocycles. The van der Waals surface area contributed by atoms with Crippen molar-refractivity contribution in [3.8, 4) is 17.2 Å². The van der Waals surface area contributed by atoms with Crippen LogP contribution in [0, 0.1) is 0 Å². The summed E-state index contributed by atoms with van der Waals surface area (Å²) in [6.07, 6.45) is 5.20. The number of aryl methyl sites for hydroxylation is 1. The summed E-state index contributed by atoms with van der Waals surface area (Å²) in [4.78, 5) is 10.9. The van der Waals surface area contributed by atoms with Gasteiger partial charge < -0.3 is 14.2 Å². The van der Waals surface area contributed by atoms with Crippen LogP contribution in [0.1, 0.15) is 15.9 Å². The molecule has 0 radical (unpaired) electrons. The Morgan fingerprint density at radius 3 is 2.38 bits per heavy atom. The van der Waals surface area contributed by atoms with Crippen molar-refractivity contribution in [2.75, 3.05) is 20.8 Å². The maximum atomic E-state index is 10.9. The first-order valence-corrected chi connectivity index (χ1v) is 6.49. The molecule has 6 nitrogen and oxygen atoms in total. The molecule has 2 rings (SSSR count). The maximum absolute atomic E-state index is 10.9. The number of hydrogen-bond acceptors (Lipinski definition) is 5. The Bertz CT molecular complexity index is 597. The Morgan fingerprint density at radius 1 is 1.24 bits per heavy atom. The molecule has 21 heavy (non-hydrogen) atoms. The second-order valence-corrected chi connectivity index (χ2v) is 4.49. The van der Waals surface area contributed by atoms with Crippen LogP contribution in [0.3, 0.4) is 0 Å². The van der Waals surface area contributed by atoms with Crippen molar-refractivity contribution in [2.45, 2.75) is 6.42 Å². The van der Waals surface area contributed by atoms with Crippen LogP contribution in [-0.2, 0) is 13.5 Å². The van der Waals surface area contributed by atoms with E-state index in [2.05, 4.69) is 5.10 Å². The summed E-state index contributed by atoms with van der Waals surface area (Å²) in [6, 6.07) is 3.24. The van der Waals surface area contributed by atoms with Gasteiger partial charge in [-0.1, -0.05) is 0 Å². The minimum absolute atomic E-state index is 0.457. The molecule has 0 saturated heterocycles. The van der Waals surface area contributed by atoms with Gasteiger partial charge in [-0.05, 0) is 17.7 Å². The smallest absolute Gasteiger partial charge is 0.203 e. The van der Waals surface area contributed by atoms with Gasteiger partial charge in [-0.2, -0.15) is 5.10 Å². The summed E-state index contributed by atoms with van der Waals surface area (Å²) in [7, 11) is 4.92. The van der Waals surface area contributed by atoms with Crippen LogP contribution >= 0.6 is 0 Å². The first-order valence-electron chi connectivity index (χ1n) is 6.49. The van der Waals surface area contributed by atoms with Gasteiger partial charge in [0, 0.05) is 25.2 Å². The molecule has 2 aromatic rings. The highest BCUT2D eigenvalue weighted by molar-refractivity contribution is 5.78. The summed E-state index contributed by atoms with van der Waals surface area (Å²) in [5.41, 5.74) is 1.56. The SMILES string of the molecule is COc1cc(C=O)cc(OC)c1OCCc1cnn(C)c1. The van der Waals surface area contributed by atoms with Crippen LogP contribution in [-0.4, -0.2) is 36.9 Å². The lowest BCUT2D eigenvalue weighted by atomic mass is 10.2. The normalized spacial score (nSPS) is 10.2. The highest BCUT2D eigenvalue weighted by atomic mass is 16.5. The second-order valence-electron chi connectivity index (χ2n) is 4.49. The quantitative estimate of drug-likeness (QED) is 0.728. The fourth-order valence-electron chi connectivity index (χ4n) is 1.98. The fourth-order valence-corrected chi connectivity index (χ4v) is 1.98. The Hall–Kier alpha value is -2.50. The molecule has 0 aliphatic heterocycles. The van der Waals surface area contributed by atoms with Crippen LogP contribution in [0.15, 0.2) is 24.5 Å². The minimum Gasteiger partial charge on any atom is -0.493 e. The molecule has 1 aromatic heterocycles. The molecular weight excluding hydrogens is 272 g/mol. The van der Waals surface area contributed by atoms with Crippen LogP contribution in [0.25, 0.3) is 0 Å². The zero-order valence-electron chi connectivity index (χ0n) is 12.3. The lowest BCUT2D eigenvalue weighted by molar-refractivity contribution is 0.112. The average Bonchev–Trinajstić information content (AvgIpc) is 2.92. The van der Waals surface area contributed by atoms with E-state index in [1.165, 1.54) is 14.2 Å².